The van der Waals surface area contributed by atoms with Gasteiger partial charge in [0, 0.05) is 11.6 Å². The van der Waals surface area contributed by atoms with Gasteiger partial charge in [-0.15, -0.1) is 0 Å². The largest absolute Gasteiger partial charge is 0.458 e. The van der Waals surface area contributed by atoms with E-state index in [1.54, 1.807) is 30.5 Å². The minimum atomic E-state index is -1.33. The smallest absolute Gasteiger partial charge is 0.270 e. The molecule has 6 heteroatoms. The molecule has 4 rings (SSSR count). The lowest BCUT2D eigenvalue weighted by molar-refractivity contribution is 0.0343. The average Bonchev–Trinajstić information content (AvgIpc) is 3.20. The number of hydrogen-bond donors (Lipinski definition) is 2. The van der Waals surface area contributed by atoms with Crippen LogP contribution in [0, 0.1) is 6.92 Å². The first-order valence-electron chi connectivity index (χ1n) is 8.39. The Balaban J connectivity index is 1.57. The molecule has 0 aliphatic carbocycles. The number of rotatable bonds is 4. The molecule has 0 spiro atoms. The van der Waals surface area contributed by atoms with Crippen molar-refractivity contribution in [3.63, 3.8) is 0 Å². The van der Waals surface area contributed by atoms with Gasteiger partial charge in [0.15, 0.2) is 0 Å². The summed E-state index contributed by atoms with van der Waals surface area (Å²) in [5.41, 5.74) is 1.17. The van der Waals surface area contributed by atoms with E-state index in [-0.39, 0.29) is 12.5 Å². The summed E-state index contributed by atoms with van der Waals surface area (Å²) in [7, 11) is 0. The van der Waals surface area contributed by atoms with Crippen LogP contribution in [0.5, 0.6) is 0 Å². The quantitative estimate of drug-likeness (QED) is 0.593. The molecule has 0 saturated heterocycles. The molecule has 0 aliphatic rings. The molecular weight excluding hydrogens is 330 g/mol. The number of aliphatic hydroxyl groups is 1. The number of pyridine rings is 1. The Morgan fingerprint density at radius 3 is 2.85 bits per heavy atom. The van der Waals surface area contributed by atoms with Crippen LogP contribution in [0.4, 0.5) is 0 Å². The Bertz CT molecular complexity index is 1070. The molecule has 3 aromatic heterocycles. The number of carbonyl (C=O) groups is 1. The van der Waals surface area contributed by atoms with Gasteiger partial charge in [-0.1, -0.05) is 24.3 Å². The lowest BCUT2D eigenvalue weighted by Crippen LogP contribution is -2.39. The number of para-hydroxylation sites is 1. The second kappa shape index (κ2) is 6.00. The van der Waals surface area contributed by atoms with Crippen LogP contribution >= 0.6 is 0 Å². The molecular formula is C20H19N3O3. The molecule has 0 bridgehead atoms. The zero-order valence-corrected chi connectivity index (χ0v) is 14.6. The van der Waals surface area contributed by atoms with E-state index in [9.17, 15) is 9.90 Å². The fourth-order valence-electron chi connectivity index (χ4n) is 3.06. The summed E-state index contributed by atoms with van der Waals surface area (Å²) in [6, 6.07) is 14.9. The summed E-state index contributed by atoms with van der Waals surface area (Å²) >= 11 is 0. The van der Waals surface area contributed by atoms with E-state index >= 15 is 0 Å². The topological polar surface area (TPSA) is 79.8 Å². The average molecular weight is 349 g/mol. The van der Waals surface area contributed by atoms with Crippen molar-refractivity contribution in [3.8, 4) is 0 Å². The predicted molar refractivity (Wildman–Crippen MR) is 98.0 cm³/mol. The molecule has 1 unspecified atom stereocenters. The first kappa shape index (κ1) is 16.4. The third-order valence-electron chi connectivity index (χ3n) is 4.47. The number of aryl methyl sites for hydroxylation is 1. The Morgan fingerprint density at radius 2 is 2.04 bits per heavy atom. The zero-order valence-electron chi connectivity index (χ0n) is 14.6. The number of fused-ring (bicyclic) bond motifs is 2. The van der Waals surface area contributed by atoms with E-state index in [0.717, 1.165) is 5.39 Å². The summed E-state index contributed by atoms with van der Waals surface area (Å²) in [5.74, 6) is 0.117. The SMILES string of the molecule is Cc1nc2ccccn2c1C(=O)NCC(C)(O)c1cc2ccccc2o1. The fraction of sp³-hybridized carbons (Fsp3) is 0.200. The van der Waals surface area contributed by atoms with E-state index in [1.807, 2.05) is 42.5 Å². The van der Waals surface area contributed by atoms with Gasteiger partial charge >= 0.3 is 0 Å². The van der Waals surface area contributed by atoms with Crippen LogP contribution in [-0.2, 0) is 5.60 Å². The lowest BCUT2D eigenvalue weighted by Gasteiger charge is -2.21. The number of imidazole rings is 1. The maximum Gasteiger partial charge on any atom is 0.270 e. The van der Waals surface area contributed by atoms with Crippen molar-refractivity contribution >= 4 is 22.5 Å². The monoisotopic (exact) mass is 349 g/mol. The minimum absolute atomic E-state index is 0.0190. The van der Waals surface area contributed by atoms with Gasteiger partial charge in [-0.3, -0.25) is 9.20 Å². The first-order chi connectivity index (χ1) is 12.5. The van der Waals surface area contributed by atoms with Gasteiger partial charge in [-0.2, -0.15) is 0 Å². The summed E-state index contributed by atoms with van der Waals surface area (Å²) < 4.78 is 7.47. The van der Waals surface area contributed by atoms with Gasteiger partial charge < -0.3 is 14.8 Å². The second-order valence-electron chi connectivity index (χ2n) is 6.58. The van der Waals surface area contributed by atoms with Crippen molar-refractivity contribution in [2.75, 3.05) is 6.54 Å². The number of carbonyl (C=O) groups excluding carboxylic acids is 1. The van der Waals surface area contributed by atoms with Crippen molar-refractivity contribution in [1.29, 1.82) is 0 Å². The van der Waals surface area contributed by atoms with Gasteiger partial charge in [-0.25, -0.2) is 4.98 Å². The maximum absolute atomic E-state index is 12.7. The van der Waals surface area contributed by atoms with Crippen molar-refractivity contribution < 1.29 is 14.3 Å². The van der Waals surface area contributed by atoms with Gasteiger partial charge in [0.25, 0.3) is 5.91 Å². The van der Waals surface area contributed by atoms with Crippen LogP contribution in [0.25, 0.3) is 16.6 Å². The highest BCUT2D eigenvalue weighted by Gasteiger charge is 2.29. The molecule has 0 radical (unpaired) electrons. The van der Waals surface area contributed by atoms with E-state index < -0.39 is 5.60 Å². The molecule has 0 aliphatic heterocycles. The molecule has 4 aromatic rings. The van der Waals surface area contributed by atoms with E-state index in [2.05, 4.69) is 10.3 Å². The summed E-state index contributed by atoms with van der Waals surface area (Å²) in [6.07, 6.45) is 1.79. The van der Waals surface area contributed by atoms with Crippen molar-refractivity contribution in [1.82, 2.24) is 14.7 Å². The van der Waals surface area contributed by atoms with Crippen molar-refractivity contribution in [3.05, 3.63) is 71.9 Å². The van der Waals surface area contributed by atoms with Gasteiger partial charge in [0.1, 0.15) is 28.3 Å². The van der Waals surface area contributed by atoms with Crippen LogP contribution in [-0.4, -0.2) is 26.9 Å². The third-order valence-corrected chi connectivity index (χ3v) is 4.47. The maximum atomic E-state index is 12.7. The van der Waals surface area contributed by atoms with Crippen LogP contribution in [0.1, 0.15) is 28.9 Å². The molecule has 3 heterocycles. The highest BCUT2D eigenvalue weighted by atomic mass is 16.4. The normalized spacial score (nSPS) is 13.8. The van der Waals surface area contributed by atoms with Gasteiger partial charge in [0.05, 0.1) is 12.2 Å². The van der Waals surface area contributed by atoms with Crippen LogP contribution in [0.2, 0.25) is 0 Å². The van der Waals surface area contributed by atoms with Crippen LogP contribution in [0.15, 0.2) is 59.1 Å². The number of furan rings is 1. The number of benzene rings is 1. The second-order valence-corrected chi connectivity index (χ2v) is 6.58. The molecule has 26 heavy (non-hydrogen) atoms. The molecule has 0 fully saturated rings. The van der Waals surface area contributed by atoms with Gasteiger partial charge in [-0.05, 0) is 38.1 Å². The van der Waals surface area contributed by atoms with E-state index in [1.165, 1.54) is 0 Å². The highest BCUT2D eigenvalue weighted by Crippen LogP contribution is 2.27. The molecule has 1 aromatic carbocycles. The summed E-state index contributed by atoms with van der Waals surface area (Å²) in [5, 5.41) is 14.5. The molecule has 1 amide bonds. The Morgan fingerprint density at radius 1 is 1.27 bits per heavy atom. The molecule has 0 saturated carbocycles. The third kappa shape index (κ3) is 2.74. The highest BCUT2D eigenvalue weighted by molar-refractivity contribution is 5.94. The standard InChI is InChI=1S/C20H19N3O3/c1-13-18(23-10-6-5-9-17(23)22-13)19(24)21-12-20(2,25)16-11-14-7-3-4-8-15(14)26-16/h3-11,25H,12H2,1-2H3,(H,21,24). The van der Waals surface area contributed by atoms with E-state index in [0.29, 0.717) is 28.4 Å². The molecule has 2 N–H and O–H groups in total. The first-order valence-corrected chi connectivity index (χ1v) is 8.39. The van der Waals surface area contributed by atoms with Crippen LogP contribution < -0.4 is 5.32 Å². The Kier molecular flexibility index (Phi) is 3.77. The Hall–Kier alpha value is -3.12. The predicted octanol–water partition coefficient (Wildman–Crippen LogP) is 3.03. The minimum Gasteiger partial charge on any atom is -0.458 e. The fourth-order valence-corrected chi connectivity index (χ4v) is 3.06. The van der Waals surface area contributed by atoms with Gasteiger partial charge in [0.2, 0.25) is 0 Å². The number of amides is 1. The zero-order chi connectivity index (χ0) is 18.3. The van der Waals surface area contributed by atoms with Crippen molar-refractivity contribution in [2.24, 2.45) is 0 Å². The molecule has 132 valence electrons. The van der Waals surface area contributed by atoms with Crippen molar-refractivity contribution in [2.45, 2.75) is 19.4 Å². The summed E-state index contributed by atoms with van der Waals surface area (Å²) in [6.45, 7) is 3.43. The number of hydrogen-bond acceptors (Lipinski definition) is 4. The van der Waals surface area contributed by atoms with Crippen LogP contribution in [0.3, 0.4) is 0 Å². The Labute approximate surface area is 150 Å². The molecule has 1 atom stereocenters. The lowest BCUT2D eigenvalue weighted by atomic mass is 10.0. The number of nitrogens with zero attached hydrogens (tertiary/aromatic N) is 2. The van der Waals surface area contributed by atoms with E-state index in [4.69, 9.17) is 4.42 Å². The number of aromatic nitrogens is 2. The molecule has 6 nitrogen and oxygen atoms in total. The number of nitrogens with one attached hydrogen (secondary N) is 1. The summed E-state index contributed by atoms with van der Waals surface area (Å²) in [4.78, 5) is 17.1.